The van der Waals surface area contributed by atoms with Crippen molar-refractivity contribution in [2.24, 2.45) is 0 Å². The minimum absolute atomic E-state index is 0.0281. The summed E-state index contributed by atoms with van der Waals surface area (Å²) >= 11 is 1.06. The van der Waals surface area contributed by atoms with E-state index in [1.807, 2.05) is 0 Å². The Labute approximate surface area is 208 Å². The molecule has 4 aromatic rings. The Balaban J connectivity index is 1.52. The number of fused-ring (bicyclic) bond motifs is 2. The summed E-state index contributed by atoms with van der Waals surface area (Å²) in [7, 11) is 1.38. The SMILES string of the molecule is COc1ccc(CC2=C(c3ccc4nsnc4c3)C(=O)OC2(O)c2ccc3c(c2)OCCO3)cc1F. The van der Waals surface area contributed by atoms with E-state index in [0.29, 0.717) is 46.9 Å². The van der Waals surface area contributed by atoms with Crippen LogP contribution in [0.4, 0.5) is 4.39 Å². The van der Waals surface area contributed by atoms with Crippen LogP contribution in [0.3, 0.4) is 0 Å². The highest BCUT2D eigenvalue weighted by atomic mass is 32.1. The Hall–Kier alpha value is -4.02. The molecule has 2 aliphatic rings. The first-order chi connectivity index (χ1) is 17.5. The Morgan fingerprint density at radius 3 is 2.64 bits per heavy atom. The van der Waals surface area contributed by atoms with Crippen LogP contribution in [0.1, 0.15) is 16.7 Å². The number of hydrogen-bond acceptors (Lipinski definition) is 9. The summed E-state index contributed by atoms with van der Waals surface area (Å²) in [5.74, 6) is -2.33. The molecule has 0 saturated heterocycles. The number of benzene rings is 3. The highest BCUT2D eigenvalue weighted by Gasteiger charge is 2.48. The summed E-state index contributed by atoms with van der Waals surface area (Å²) in [6, 6.07) is 14.5. The Bertz CT molecular complexity index is 1550. The number of carbonyl (C=O) groups excluding carboxylic acids is 1. The fraction of sp³-hybridized carbons (Fsp3) is 0.192. The largest absolute Gasteiger partial charge is 0.494 e. The first-order valence-electron chi connectivity index (χ1n) is 11.1. The molecule has 8 nitrogen and oxygen atoms in total. The van der Waals surface area contributed by atoms with Crippen molar-refractivity contribution in [2.45, 2.75) is 12.2 Å². The van der Waals surface area contributed by atoms with Crippen LogP contribution in [0.15, 0.2) is 60.2 Å². The van der Waals surface area contributed by atoms with Crippen molar-refractivity contribution in [3.8, 4) is 17.2 Å². The lowest BCUT2D eigenvalue weighted by Crippen LogP contribution is -2.30. The van der Waals surface area contributed by atoms with E-state index < -0.39 is 17.6 Å². The van der Waals surface area contributed by atoms with Gasteiger partial charge in [-0.3, -0.25) is 0 Å². The van der Waals surface area contributed by atoms with Gasteiger partial charge < -0.3 is 24.1 Å². The van der Waals surface area contributed by atoms with E-state index in [2.05, 4.69) is 8.75 Å². The minimum Gasteiger partial charge on any atom is -0.494 e. The minimum atomic E-state index is -2.12. The van der Waals surface area contributed by atoms with Gasteiger partial charge in [0.25, 0.3) is 5.79 Å². The van der Waals surface area contributed by atoms with Crippen LogP contribution in [0, 0.1) is 5.82 Å². The zero-order valence-electron chi connectivity index (χ0n) is 19.0. The van der Waals surface area contributed by atoms with Gasteiger partial charge in [-0.25, -0.2) is 9.18 Å². The molecule has 0 amide bonds. The van der Waals surface area contributed by atoms with Gasteiger partial charge in [-0.1, -0.05) is 12.1 Å². The van der Waals surface area contributed by atoms with Crippen LogP contribution in [-0.4, -0.2) is 40.1 Å². The van der Waals surface area contributed by atoms with Gasteiger partial charge in [-0.15, -0.1) is 0 Å². The molecule has 1 N–H and O–H groups in total. The Kier molecular flexibility index (Phi) is 5.35. The summed E-state index contributed by atoms with van der Waals surface area (Å²) in [6.45, 7) is 0.771. The maximum Gasteiger partial charge on any atom is 0.342 e. The van der Waals surface area contributed by atoms with Gasteiger partial charge in [0.2, 0.25) is 0 Å². The molecule has 1 unspecified atom stereocenters. The smallest absolute Gasteiger partial charge is 0.342 e. The highest BCUT2D eigenvalue weighted by Crippen LogP contribution is 2.47. The van der Waals surface area contributed by atoms with Crippen molar-refractivity contribution in [3.05, 3.63) is 82.7 Å². The second-order valence-electron chi connectivity index (χ2n) is 8.36. The molecular weight excluding hydrogens is 487 g/mol. The molecule has 2 aliphatic heterocycles. The number of aromatic nitrogens is 2. The Morgan fingerprint density at radius 1 is 1.03 bits per heavy atom. The average Bonchev–Trinajstić information content (AvgIpc) is 3.45. The molecule has 1 aromatic heterocycles. The first-order valence-corrected chi connectivity index (χ1v) is 11.8. The van der Waals surface area contributed by atoms with E-state index >= 15 is 0 Å². The number of aliphatic hydroxyl groups is 1. The van der Waals surface area contributed by atoms with E-state index in [1.54, 1.807) is 42.5 Å². The predicted octanol–water partition coefficient (Wildman–Crippen LogP) is 4.01. The van der Waals surface area contributed by atoms with E-state index in [-0.39, 0.29) is 28.9 Å². The number of nitrogens with zero attached hydrogens (tertiary/aromatic N) is 2. The standard InChI is InChI=1S/C26H19FN2O6S/c1-32-21-6-2-14(11-18(21)27)10-17-24(15-3-5-19-20(12-15)29-36-28-19)25(30)35-26(17,31)16-4-7-22-23(13-16)34-9-8-33-22/h2-7,11-13,31H,8-10H2,1H3. The number of halogens is 1. The van der Waals surface area contributed by atoms with Gasteiger partial charge in [-0.05, 0) is 53.6 Å². The molecule has 182 valence electrons. The Morgan fingerprint density at radius 2 is 1.83 bits per heavy atom. The van der Waals surface area contributed by atoms with E-state index in [1.165, 1.54) is 19.2 Å². The maximum absolute atomic E-state index is 14.5. The zero-order valence-corrected chi connectivity index (χ0v) is 19.8. The van der Waals surface area contributed by atoms with Gasteiger partial charge >= 0.3 is 5.97 Å². The summed E-state index contributed by atoms with van der Waals surface area (Å²) < 4.78 is 44.9. The maximum atomic E-state index is 14.5. The summed E-state index contributed by atoms with van der Waals surface area (Å²) in [5.41, 5.74) is 3.06. The topological polar surface area (TPSA) is 100 Å². The molecule has 36 heavy (non-hydrogen) atoms. The third-order valence-electron chi connectivity index (χ3n) is 6.23. The lowest BCUT2D eigenvalue weighted by Gasteiger charge is -2.27. The molecule has 3 aromatic carbocycles. The van der Waals surface area contributed by atoms with Gasteiger partial charge in [0.05, 0.1) is 24.4 Å². The van der Waals surface area contributed by atoms with Crippen LogP contribution >= 0.6 is 11.7 Å². The average molecular weight is 507 g/mol. The van der Waals surface area contributed by atoms with Crippen molar-refractivity contribution in [1.29, 1.82) is 0 Å². The third kappa shape index (κ3) is 3.66. The second kappa shape index (κ2) is 8.58. The third-order valence-corrected chi connectivity index (χ3v) is 6.79. The number of hydrogen-bond donors (Lipinski definition) is 1. The monoisotopic (exact) mass is 506 g/mol. The fourth-order valence-corrected chi connectivity index (χ4v) is 5.01. The van der Waals surface area contributed by atoms with Crippen molar-refractivity contribution in [3.63, 3.8) is 0 Å². The van der Waals surface area contributed by atoms with E-state index in [0.717, 1.165) is 11.7 Å². The molecule has 1 atom stereocenters. The molecular formula is C26H19FN2O6S. The highest BCUT2D eigenvalue weighted by molar-refractivity contribution is 7.00. The zero-order chi connectivity index (χ0) is 24.9. The molecule has 0 radical (unpaired) electrons. The second-order valence-corrected chi connectivity index (χ2v) is 8.89. The quantitative estimate of drug-likeness (QED) is 0.406. The lowest BCUT2D eigenvalue weighted by atomic mass is 9.87. The van der Waals surface area contributed by atoms with Gasteiger partial charge in [0, 0.05) is 17.6 Å². The molecule has 6 rings (SSSR count). The number of esters is 1. The fourth-order valence-electron chi connectivity index (χ4n) is 4.49. The number of ether oxygens (including phenoxy) is 4. The molecule has 0 fully saturated rings. The van der Waals surface area contributed by atoms with Crippen LogP contribution in [0.5, 0.6) is 17.2 Å². The first kappa shape index (κ1) is 22.4. The van der Waals surface area contributed by atoms with Crippen molar-refractivity contribution in [2.75, 3.05) is 20.3 Å². The number of rotatable bonds is 5. The number of cyclic esters (lactones) is 1. The molecule has 10 heteroatoms. The van der Waals surface area contributed by atoms with E-state index in [4.69, 9.17) is 18.9 Å². The van der Waals surface area contributed by atoms with Crippen LogP contribution < -0.4 is 14.2 Å². The normalized spacial score (nSPS) is 19.0. The van der Waals surface area contributed by atoms with Crippen molar-refractivity contribution in [1.82, 2.24) is 8.75 Å². The summed E-state index contributed by atoms with van der Waals surface area (Å²) in [6.07, 6.45) is 0.0281. The van der Waals surface area contributed by atoms with Crippen LogP contribution in [0.2, 0.25) is 0 Å². The summed E-state index contributed by atoms with van der Waals surface area (Å²) in [5, 5.41) is 11.9. The number of methoxy groups -OCH3 is 1. The van der Waals surface area contributed by atoms with Gasteiger partial charge in [0.15, 0.2) is 23.1 Å². The van der Waals surface area contributed by atoms with Crippen molar-refractivity contribution < 1.29 is 33.2 Å². The van der Waals surface area contributed by atoms with Gasteiger partial charge in [0.1, 0.15) is 24.2 Å². The molecule has 0 aliphatic carbocycles. The van der Waals surface area contributed by atoms with Gasteiger partial charge in [-0.2, -0.15) is 8.75 Å². The van der Waals surface area contributed by atoms with Crippen LogP contribution in [-0.2, 0) is 21.7 Å². The van der Waals surface area contributed by atoms with Crippen LogP contribution in [0.25, 0.3) is 16.6 Å². The lowest BCUT2D eigenvalue weighted by molar-refractivity contribution is -0.185. The number of carbonyl (C=O) groups is 1. The summed E-state index contributed by atoms with van der Waals surface area (Å²) in [4.78, 5) is 13.3. The molecule has 0 spiro atoms. The molecule has 3 heterocycles. The van der Waals surface area contributed by atoms with Crippen molar-refractivity contribution >= 4 is 34.3 Å². The predicted molar refractivity (Wildman–Crippen MR) is 128 cm³/mol. The molecule has 0 saturated carbocycles. The van der Waals surface area contributed by atoms with E-state index in [9.17, 15) is 14.3 Å². The molecule has 0 bridgehead atoms.